The summed E-state index contributed by atoms with van der Waals surface area (Å²) < 4.78 is 34.2. The number of rotatable bonds is 7. The Labute approximate surface area is 128 Å². The molecule has 0 aliphatic carbocycles. The van der Waals surface area contributed by atoms with E-state index in [9.17, 15) is 8.78 Å². The zero-order valence-corrected chi connectivity index (χ0v) is 12.5. The lowest BCUT2D eigenvalue weighted by Crippen LogP contribution is -2.08. The molecule has 0 fully saturated rings. The summed E-state index contributed by atoms with van der Waals surface area (Å²) in [7, 11) is 1.41. The number of benzene rings is 1. The van der Waals surface area contributed by atoms with Crippen LogP contribution in [0.4, 0.5) is 14.6 Å². The summed E-state index contributed by atoms with van der Waals surface area (Å²) in [6.45, 7) is -0.321. The van der Waals surface area contributed by atoms with Gasteiger partial charge in [0.05, 0.1) is 7.11 Å². The fraction of sp³-hybridized carbons (Fsp3) is 0.312. The van der Waals surface area contributed by atoms with E-state index in [4.69, 9.17) is 4.74 Å². The number of aromatic nitrogens is 1. The third kappa shape index (κ3) is 4.58. The molecule has 1 heterocycles. The molecule has 22 heavy (non-hydrogen) atoms. The molecule has 0 aliphatic heterocycles. The Morgan fingerprint density at radius 1 is 1.18 bits per heavy atom. The minimum absolute atomic E-state index is 0.0451. The summed E-state index contributed by atoms with van der Waals surface area (Å²) in [6, 6.07) is 10.7. The van der Waals surface area contributed by atoms with Crippen LogP contribution in [0.15, 0.2) is 36.4 Å². The normalized spacial score (nSPS) is 10.6. The van der Waals surface area contributed by atoms with Gasteiger partial charge in [0, 0.05) is 12.2 Å². The Kier molecular flexibility index (Phi) is 5.52. The van der Waals surface area contributed by atoms with E-state index in [1.165, 1.54) is 7.11 Å². The molecule has 0 atom stereocenters. The van der Waals surface area contributed by atoms with Gasteiger partial charge in [-0.3, -0.25) is 0 Å². The van der Waals surface area contributed by atoms with Gasteiger partial charge >= 0.3 is 6.61 Å². The number of hydrogen-bond donors (Lipinski definition) is 1. The highest BCUT2D eigenvalue weighted by atomic mass is 19.3. The molecule has 0 bridgehead atoms. The number of alkyl halides is 2. The SMILES string of the molecule is COc1ccc(CCNc2cccc(C)n2)cc1OC(F)F. The van der Waals surface area contributed by atoms with Crippen LogP contribution < -0.4 is 14.8 Å². The summed E-state index contributed by atoms with van der Waals surface area (Å²) in [6.07, 6.45) is 0.652. The van der Waals surface area contributed by atoms with Gasteiger partial charge in [0.1, 0.15) is 5.82 Å². The Balaban J connectivity index is 1.97. The predicted molar refractivity (Wildman–Crippen MR) is 80.8 cm³/mol. The summed E-state index contributed by atoms with van der Waals surface area (Å²) in [5.74, 6) is 1.12. The molecule has 118 valence electrons. The lowest BCUT2D eigenvalue weighted by molar-refractivity contribution is -0.0512. The first-order valence-corrected chi connectivity index (χ1v) is 6.88. The quantitative estimate of drug-likeness (QED) is 0.848. The van der Waals surface area contributed by atoms with Gasteiger partial charge in [-0.25, -0.2) is 4.98 Å². The second-order valence-corrected chi connectivity index (χ2v) is 4.70. The smallest absolute Gasteiger partial charge is 0.387 e. The number of aryl methyl sites for hydroxylation is 1. The molecule has 2 rings (SSSR count). The Morgan fingerprint density at radius 3 is 2.68 bits per heavy atom. The maximum absolute atomic E-state index is 12.4. The molecule has 0 radical (unpaired) electrons. The van der Waals surface area contributed by atoms with Crippen molar-refractivity contribution in [3.63, 3.8) is 0 Å². The second kappa shape index (κ2) is 7.59. The maximum Gasteiger partial charge on any atom is 0.387 e. The highest BCUT2D eigenvalue weighted by Gasteiger charge is 2.11. The van der Waals surface area contributed by atoms with Gasteiger partial charge in [-0.2, -0.15) is 8.78 Å². The molecule has 0 aliphatic rings. The van der Waals surface area contributed by atoms with E-state index >= 15 is 0 Å². The van der Waals surface area contributed by atoms with Crippen molar-refractivity contribution in [2.75, 3.05) is 19.0 Å². The minimum Gasteiger partial charge on any atom is -0.493 e. The fourth-order valence-corrected chi connectivity index (χ4v) is 2.04. The van der Waals surface area contributed by atoms with Crippen molar-refractivity contribution in [1.82, 2.24) is 4.98 Å². The van der Waals surface area contributed by atoms with Crippen molar-refractivity contribution >= 4 is 5.82 Å². The first kappa shape index (κ1) is 16.0. The van der Waals surface area contributed by atoms with Crippen molar-refractivity contribution in [1.29, 1.82) is 0 Å². The average molecular weight is 308 g/mol. The van der Waals surface area contributed by atoms with Crippen LogP contribution in [-0.2, 0) is 6.42 Å². The number of halogens is 2. The van der Waals surface area contributed by atoms with Crippen molar-refractivity contribution < 1.29 is 18.3 Å². The second-order valence-electron chi connectivity index (χ2n) is 4.70. The number of anilines is 1. The summed E-state index contributed by atoms with van der Waals surface area (Å²) >= 11 is 0. The van der Waals surface area contributed by atoms with Crippen LogP contribution in [-0.4, -0.2) is 25.3 Å². The van der Waals surface area contributed by atoms with Gasteiger partial charge in [-0.1, -0.05) is 12.1 Å². The van der Waals surface area contributed by atoms with Crippen LogP contribution in [0.1, 0.15) is 11.3 Å². The topological polar surface area (TPSA) is 43.4 Å². The Morgan fingerprint density at radius 2 is 2.00 bits per heavy atom. The molecule has 0 saturated carbocycles. The highest BCUT2D eigenvalue weighted by molar-refractivity contribution is 5.43. The lowest BCUT2D eigenvalue weighted by Gasteiger charge is -2.12. The standard InChI is InChI=1S/C16H18F2N2O2/c1-11-4-3-5-15(20-11)19-9-8-12-6-7-13(21-2)14(10-12)22-16(17)18/h3-7,10,16H,8-9H2,1-2H3,(H,19,20). The van der Waals surface area contributed by atoms with Crippen molar-refractivity contribution in [2.24, 2.45) is 0 Å². The van der Waals surface area contributed by atoms with E-state index in [2.05, 4.69) is 15.0 Å². The molecule has 0 saturated heterocycles. The van der Waals surface area contributed by atoms with Crippen molar-refractivity contribution in [2.45, 2.75) is 20.0 Å². The van der Waals surface area contributed by atoms with Gasteiger partial charge in [-0.15, -0.1) is 0 Å². The molecular formula is C16H18F2N2O2. The molecule has 0 spiro atoms. The summed E-state index contributed by atoms with van der Waals surface area (Å²) in [5, 5.41) is 3.19. The van der Waals surface area contributed by atoms with E-state index in [1.54, 1.807) is 12.1 Å². The highest BCUT2D eigenvalue weighted by Crippen LogP contribution is 2.29. The zero-order chi connectivity index (χ0) is 15.9. The molecular weight excluding hydrogens is 290 g/mol. The van der Waals surface area contributed by atoms with Gasteiger partial charge in [0.15, 0.2) is 11.5 Å². The van der Waals surface area contributed by atoms with E-state index in [0.717, 1.165) is 17.1 Å². The van der Waals surface area contributed by atoms with Crippen molar-refractivity contribution in [3.8, 4) is 11.5 Å². The number of nitrogens with zero attached hydrogens (tertiary/aromatic N) is 1. The van der Waals surface area contributed by atoms with Crippen LogP contribution in [0.5, 0.6) is 11.5 Å². The zero-order valence-electron chi connectivity index (χ0n) is 12.5. The maximum atomic E-state index is 12.4. The van der Waals surface area contributed by atoms with Crippen LogP contribution in [0, 0.1) is 6.92 Å². The molecule has 6 heteroatoms. The molecule has 1 N–H and O–H groups in total. The third-order valence-electron chi connectivity index (χ3n) is 3.05. The molecule has 4 nitrogen and oxygen atoms in total. The van der Waals surface area contributed by atoms with Crippen LogP contribution in [0.3, 0.4) is 0 Å². The lowest BCUT2D eigenvalue weighted by atomic mass is 10.1. The molecule has 0 unspecified atom stereocenters. The first-order chi connectivity index (χ1) is 10.6. The van der Waals surface area contributed by atoms with Crippen LogP contribution >= 0.6 is 0 Å². The van der Waals surface area contributed by atoms with E-state index in [-0.39, 0.29) is 11.5 Å². The monoisotopic (exact) mass is 308 g/mol. The summed E-state index contributed by atoms with van der Waals surface area (Å²) in [4.78, 5) is 4.33. The number of hydrogen-bond acceptors (Lipinski definition) is 4. The molecule has 2 aromatic rings. The third-order valence-corrected chi connectivity index (χ3v) is 3.05. The van der Waals surface area contributed by atoms with E-state index < -0.39 is 6.61 Å². The Hall–Kier alpha value is -2.37. The molecule has 0 amide bonds. The van der Waals surface area contributed by atoms with E-state index in [0.29, 0.717) is 13.0 Å². The summed E-state index contributed by atoms with van der Waals surface area (Å²) in [5.41, 5.74) is 1.80. The largest absolute Gasteiger partial charge is 0.493 e. The van der Waals surface area contributed by atoms with Crippen LogP contribution in [0.25, 0.3) is 0 Å². The van der Waals surface area contributed by atoms with Crippen molar-refractivity contribution in [3.05, 3.63) is 47.7 Å². The van der Waals surface area contributed by atoms with Gasteiger partial charge in [-0.05, 0) is 43.2 Å². The number of methoxy groups -OCH3 is 1. The predicted octanol–water partition coefficient (Wildman–Crippen LogP) is 3.65. The number of nitrogens with one attached hydrogen (secondary N) is 1. The first-order valence-electron chi connectivity index (χ1n) is 6.88. The van der Waals surface area contributed by atoms with Gasteiger partial charge in [0.2, 0.25) is 0 Å². The average Bonchev–Trinajstić information content (AvgIpc) is 2.47. The number of ether oxygens (including phenoxy) is 2. The fourth-order valence-electron chi connectivity index (χ4n) is 2.04. The molecule has 1 aromatic carbocycles. The number of pyridine rings is 1. The Bertz CT molecular complexity index is 621. The minimum atomic E-state index is -2.88. The molecule has 1 aromatic heterocycles. The van der Waals surface area contributed by atoms with E-state index in [1.807, 2.05) is 31.2 Å². The van der Waals surface area contributed by atoms with Crippen LogP contribution in [0.2, 0.25) is 0 Å². The van der Waals surface area contributed by atoms with Gasteiger partial charge in [0.25, 0.3) is 0 Å². The van der Waals surface area contributed by atoms with Gasteiger partial charge < -0.3 is 14.8 Å².